The Balaban J connectivity index is 2.42. The highest BCUT2D eigenvalue weighted by molar-refractivity contribution is 5.87. The second-order valence-electron chi connectivity index (χ2n) is 3.49. The van der Waals surface area contributed by atoms with Gasteiger partial charge in [-0.15, -0.1) is 0 Å². The van der Waals surface area contributed by atoms with Crippen LogP contribution in [0.4, 0.5) is 6.01 Å². The van der Waals surface area contributed by atoms with Crippen molar-refractivity contribution >= 4 is 12.0 Å². The summed E-state index contributed by atoms with van der Waals surface area (Å²) in [7, 11) is 3.95. The molecule has 0 saturated carbocycles. The first-order valence-corrected chi connectivity index (χ1v) is 5.14. The van der Waals surface area contributed by atoms with E-state index in [2.05, 4.69) is 10.3 Å². The monoisotopic (exact) mass is 227 g/mol. The van der Waals surface area contributed by atoms with Crippen LogP contribution in [0.15, 0.2) is 10.7 Å². The van der Waals surface area contributed by atoms with Crippen molar-refractivity contribution in [3.63, 3.8) is 0 Å². The van der Waals surface area contributed by atoms with E-state index in [9.17, 15) is 4.79 Å². The van der Waals surface area contributed by atoms with Gasteiger partial charge in [-0.05, 0) is 21.0 Å². The van der Waals surface area contributed by atoms with Crippen molar-refractivity contribution in [3.05, 3.63) is 12.0 Å². The van der Waals surface area contributed by atoms with Crippen LogP contribution in [0.1, 0.15) is 17.4 Å². The van der Waals surface area contributed by atoms with Crippen molar-refractivity contribution in [2.45, 2.75) is 6.92 Å². The molecule has 0 saturated heterocycles. The number of hydrogen-bond donors (Lipinski definition) is 1. The van der Waals surface area contributed by atoms with Gasteiger partial charge in [0.05, 0.1) is 6.61 Å². The van der Waals surface area contributed by atoms with Gasteiger partial charge in [0.2, 0.25) is 0 Å². The number of likely N-dealkylation sites (N-methyl/N-ethyl adjacent to an activating group) is 1. The van der Waals surface area contributed by atoms with Crippen LogP contribution >= 0.6 is 0 Å². The van der Waals surface area contributed by atoms with Gasteiger partial charge in [-0.1, -0.05) is 0 Å². The number of anilines is 1. The largest absolute Gasteiger partial charge is 0.461 e. The zero-order valence-corrected chi connectivity index (χ0v) is 9.82. The summed E-state index contributed by atoms with van der Waals surface area (Å²) in [5.41, 5.74) is 0.189. The normalized spacial score (nSPS) is 10.5. The molecule has 0 atom stereocenters. The second-order valence-corrected chi connectivity index (χ2v) is 3.49. The molecule has 0 amide bonds. The molecule has 90 valence electrons. The lowest BCUT2D eigenvalue weighted by atomic mass is 10.5. The van der Waals surface area contributed by atoms with Gasteiger partial charge in [0.15, 0.2) is 5.69 Å². The average Bonchev–Trinajstić information content (AvgIpc) is 2.66. The molecule has 0 aromatic carbocycles. The minimum Gasteiger partial charge on any atom is -0.461 e. The van der Waals surface area contributed by atoms with Gasteiger partial charge in [-0.3, -0.25) is 0 Å². The molecule has 0 aliphatic rings. The molecule has 0 aliphatic heterocycles. The minimum absolute atomic E-state index is 0.189. The highest BCUT2D eigenvalue weighted by atomic mass is 16.5. The molecule has 0 bridgehead atoms. The lowest BCUT2D eigenvalue weighted by Crippen LogP contribution is -2.20. The maximum atomic E-state index is 11.3. The average molecular weight is 227 g/mol. The van der Waals surface area contributed by atoms with Crippen LogP contribution in [0, 0.1) is 0 Å². The third-order valence-corrected chi connectivity index (χ3v) is 1.82. The standard InChI is InChI=1S/C10H17N3O3/c1-4-15-9(14)8-7-16-10(12-8)11-5-6-13(2)3/h7H,4-6H2,1-3H3,(H,11,12). The number of hydrogen-bond acceptors (Lipinski definition) is 6. The zero-order valence-electron chi connectivity index (χ0n) is 9.82. The summed E-state index contributed by atoms with van der Waals surface area (Å²) in [5.74, 6) is -0.466. The van der Waals surface area contributed by atoms with Crippen LogP contribution in [0.2, 0.25) is 0 Å². The number of carbonyl (C=O) groups excluding carboxylic acids is 1. The number of carbonyl (C=O) groups is 1. The number of nitrogens with zero attached hydrogens (tertiary/aromatic N) is 2. The van der Waals surface area contributed by atoms with Crippen LogP contribution in [-0.4, -0.2) is 49.6 Å². The van der Waals surface area contributed by atoms with Crippen molar-refractivity contribution in [1.82, 2.24) is 9.88 Å². The van der Waals surface area contributed by atoms with E-state index in [0.29, 0.717) is 19.2 Å². The lowest BCUT2D eigenvalue weighted by Gasteiger charge is -2.08. The smallest absolute Gasteiger partial charge is 0.360 e. The number of oxazole rings is 1. The quantitative estimate of drug-likeness (QED) is 0.726. The Bertz CT molecular complexity index is 336. The zero-order chi connectivity index (χ0) is 12.0. The van der Waals surface area contributed by atoms with E-state index in [0.717, 1.165) is 6.54 Å². The Hall–Kier alpha value is -1.56. The molecule has 6 heteroatoms. The SMILES string of the molecule is CCOC(=O)c1coc(NCCN(C)C)n1. The van der Waals surface area contributed by atoms with E-state index in [1.54, 1.807) is 6.92 Å². The number of rotatable bonds is 6. The first-order chi connectivity index (χ1) is 7.63. The predicted molar refractivity (Wildman–Crippen MR) is 59.5 cm³/mol. The Labute approximate surface area is 94.6 Å². The highest BCUT2D eigenvalue weighted by Crippen LogP contribution is 2.08. The van der Waals surface area contributed by atoms with E-state index >= 15 is 0 Å². The van der Waals surface area contributed by atoms with Crippen LogP contribution in [0.5, 0.6) is 0 Å². The summed E-state index contributed by atoms with van der Waals surface area (Å²) < 4.78 is 9.86. The second kappa shape index (κ2) is 6.12. The molecule has 0 unspecified atom stereocenters. The third-order valence-electron chi connectivity index (χ3n) is 1.82. The van der Waals surface area contributed by atoms with Crippen molar-refractivity contribution in [2.75, 3.05) is 39.1 Å². The van der Waals surface area contributed by atoms with Crippen molar-refractivity contribution in [1.29, 1.82) is 0 Å². The molecule has 16 heavy (non-hydrogen) atoms. The summed E-state index contributed by atoms with van der Waals surface area (Å²) in [6, 6.07) is 0.338. The van der Waals surface area contributed by atoms with E-state index in [1.165, 1.54) is 6.26 Å². The number of ether oxygens (including phenoxy) is 1. The fourth-order valence-electron chi connectivity index (χ4n) is 1.04. The first kappa shape index (κ1) is 12.5. The Kier molecular flexibility index (Phi) is 4.78. The predicted octanol–water partition coefficient (Wildman–Crippen LogP) is 0.825. The highest BCUT2D eigenvalue weighted by Gasteiger charge is 2.12. The van der Waals surface area contributed by atoms with Crippen LogP contribution in [0.25, 0.3) is 0 Å². The number of aromatic nitrogens is 1. The molecule has 0 fully saturated rings. The fraction of sp³-hybridized carbons (Fsp3) is 0.600. The Morgan fingerprint density at radius 3 is 3.00 bits per heavy atom. The molecule has 1 N–H and O–H groups in total. The maximum absolute atomic E-state index is 11.3. The van der Waals surface area contributed by atoms with Crippen LogP contribution in [0.3, 0.4) is 0 Å². The summed E-state index contributed by atoms with van der Waals surface area (Å²) in [5, 5.41) is 2.97. The summed E-state index contributed by atoms with van der Waals surface area (Å²) in [4.78, 5) is 17.2. The summed E-state index contributed by atoms with van der Waals surface area (Å²) in [6.45, 7) is 3.64. The van der Waals surface area contributed by atoms with Gasteiger partial charge in [-0.2, -0.15) is 4.98 Å². The van der Waals surface area contributed by atoms with Gasteiger partial charge in [0.1, 0.15) is 6.26 Å². The molecular formula is C10H17N3O3. The van der Waals surface area contributed by atoms with Gasteiger partial charge >= 0.3 is 5.97 Å². The first-order valence-electron chi connectivity index (χ1n) is 5.14. The van der Waals surface area contributed by atoms with Crippen molar-refractivity contribution < 1.29 is 13.9 Å². The van der Waals surface area contributed by atoms with E-state index in [-0.39, 0.29) is 5.69 Å². The van der Waals surface area contributed by atoms with Gasteiger partial charge < -0.3 is 19.4 Å². The molecule has 1 aromatic rings. The summed E-state index contributed by atoms with van der Waals surface area (Å²) in [6.07, 6.45) is 1.29. The lowest BCUT2D eigenvalue weighted by molar-refractivity contribution is 0.0519. The molecule has 0 spiro atoms. The minimum atomic E-state index is -0.466. The van der Waals surface area contributed by atoms with Gasteiger partial charge in [0.25, 0.3) is 6.01 Å². The molecule has 1 rings (SSSR count). The molecule has 1 heterocycles. The molecule has 0 radical (unpaired) electrons. The van der Waals surface area contributed by atoms with Crippen LogP contribution < -0.4 is 5.32 Å². The maximum Gasteiger partial charge on any atom is 0.360 e. The fourth-order valence-corrected chi connectivity index (χ4v) is 1.04. The number of esters is 1. The van der Waals surface area contributed by atoms with Crippen molar-refractivity contribution in [2.24, 2.45) is 0 Å². The van der Waals surface area contributed by atoms with E-state index in [1.807, 2.05) is 19.0 Å². The third kappa shape index (κ3) is 3.90. The van der Waals surface area contributed by atoms with Gasteiger partial charge in [0, 0.05) is 13.1 Å². The Morgan fingerprint density at radius 2 is 2.38 bits per heavy atom. The summed E-state index contributed by atoms with van der Waals surface area (Å²) >= 11 is 0. The van der Waals surface area contributed by atoms with Crippen LogP contribution in [-0.2, 0) is 4.74 Å². The topological polar surface area (TPSA) is 67.6 Å². The molecular weight excluding hydrogens is 210 g/mol. The Morgan fingerprint density at radius 1 is 1.62 bits per heavy atom. The van der Waals surface area contributed by atoms with Gasteiger partial charge in [-0.25, -0.2) is 4.79 Å². The van der Waals surface area contributed by atoms with E-state index in [4.69, 9.17) is 9.15 Å². The molecule has 1 aromatic heterocycles. The molecule has 6 nitrogen and oxygen atoms in total. The van der Waals surface area contributed by atoms with Crippen molar-refractivity contribution in [3.8, 4) is 0 Å². The molecule has 0 aliphatic carbocycles. The number of nitrogens with one attached hydrogen (secondary N) is 1. The van der Waals surface area contributed by atoms with E-state index < -0.39 is 5.97 Å².